The van der Waals surface area contributed by atoms with Gasteiger partial charge in [0.05, 0.1) is 12.6 Å². The van der Waals surface area contributed by atoms with Gasteiger partial charge in [-0.2, -0.15) is 0 Å². The van der Waals surface area contributed by atoms with Gasteiger partial charge in [0.1, 0.15) is 0 Å². The average Bonchev–Trinajstić information content (AvgIpc) is 3.10. The Balaban J connectivity index is 1.77. The van der Waals surface area contributed by atoms with E-state index in [2.05, 4.69) is 91.0 Å². The van der Waals surface area contributed by atoms with Crippen molar-refractivity contribution in [2.45, 2.75) is 112 Å². The molecule has 1 saturated carbocycles. The molecule has 0 radical (unpaired) electrons. The van der Waals surface area contributed by atoms with Gasteiger partial charge in [0.25, 0.3) is 0 Å². The maximum Gasteiger partial charge on any atom is 0.0892 e. The summed E-state index contributed by atoms with van der Waals surface area (Å²) in [5.41, 5.74) is 2.28. The molecule has 0 aromatic heterocycles. The van der Waals surface area contributed by atoms with Gasteiger partial charge in [-0.25, -0.2) is 0 Å². The summed E-state index contributed by atoms with van der Waals surface area (Å²) in [6.07, 6.45) is 10.1. The average molecular weight is 413 g/mol. The van der Waals surface area contributed by atoms with E-state index >= 15 is 0 Å². The van der Waals surface area contributed by atoms with Crippen LogP contribution in [-0.2, 0) is 5.41 Å². The van der Waals surface area contributed by atoms with E-state index in [1.165, 1.54) is 57.1 Å². The lowest BCUT2D eigenvalue weighted by Crippen LogP contribution is -2.87. The molecule has 2 aliphatic rings. The number of rotatable bonds is 7. The Labute approximate surface area is 187 Å². The van der Waals surface area contributed by atoms with Crippen LogP contribution in [0.2, 0.25) is 0 Å². The van der Waals surface area contributed by atoms with Crippen molar-refractivity contribution in [3.05, 3.63) is 35.9 Å². The number of hydrogen-bond acceptors (Lipinski definition) is 0. The molecule has 30 heavy (non-hydrogen) atoms. The number of fused-ring (bicyclic) bond motifs is 1. The second-order valence-electron chi connectivity index (χ2n) is 12.9. The second kappa shape index (κ2) is 8.61. The second-order valence-corrected chi connectivity index (χ2v) is 12.9. The Morgan fingerprint density at radius 3 is 2.13 bits per heavy atom. The molecule has 1 aromatic carbocycles. The molecule has 1 aliphatic heterocycles. The van der Waals surface area contributed by atoms with E-state index in [0.717, 1.165) is 17.9 Å². The summed E-state index contributed by atoms with van der Waals surface area (Å²) < 4.78 is 0. The van der Waals surface area contributed by atoms with Crippen molar-refractivity contribution in [1.82, 2.24) is 0 Å². The van der Waals surface area contributed by atoms with E-state index in [-0.39, 0.29) is 21.7 Å². The first-order valence-electron chi connectivity index (χ1n) is 12.8. The van der Waals surface area contributed by atoms with Gasteiger partial charge >= 0.3 is 0 Å². The van der Waals surface area contributed by atoms with E-state index in [0.29, 0.717) is 0 Å². The van der Waals surface area contributed by atoms with Gasteiger partial charge in [0.15, 0.2) is 0 Å². The van der Waals surface area contributed by atoms with Crippen LogP contribution < -0.4 is 5.32 Å². The van der Waals surface area contributed by atoms with Crippen molar-refractivity contribution in [2.24, 2.45) is 28.1 Å². The smallest absolute Gasteiger partial charge is 0.0892 e. The molecule has 1 aliphatic carbocycles. The first-order chi connectivity index (χ1) is 13.9. The van der Waals surface area contributed by atoms with Crippen LogP contribution in [0.25, 0.3) is 0 Å². The molecular formula is C29H50N+. The van der Waals surface area contributed by atoms with Crippen molar-refractivity contribution in [3.8, 4) is 0 Å². The molecule has 1 aromatic rings. The quantitative estimate of drug-likeness (QED) is 0.498. The zero-order valence-corrected chi connectivity index (χ0v) is 21.4. The summed E-state index contributed by atoms with van der Waals surface area (Å²) in [6, 6.07) is 12.2. The fraction of sp³-hybridized carbons (Fsp3) is 0.793. The van der Waals surface area contributed by atoms with Crippen LogP contribution in [0.5, 0.6) is 0 Å². The molecule has 0 bridgehead atoms. The SMILES string of the molecule is CC(C)(C)C(C)(CCCC1C[NH2+]C2CCCCC12)C(C)(C)C(C)(C)c1ccccc1. The normalized spacial score (nSPS) is 27.5. The lowest BCUT2D eigenvalue weighted by atomic mass is 9.44. The van der Waals surface area contributed by atoms with Gasteiger partial charge in [0, 0.05) is 11.8 Å². The van der Waals surface area contributed by atoms with Gasteiger partial charge in [-0.1, -0.05) is 98.6 Å². The number of quaternary nitrogens is 1. The van der Waals surface area contributed by atoms with E-state index in [9.17, 15) is 0 Å². The van der Waals surface area contributed by atoms with Crippen molar-refractivity contribution >= 4 is 0 Å². The first-order valence-corrected chi connectivity index (χ1v) is 12.8. The highest BCUT2D eigenvalue weighted by molar-refractivity contribution is 5.28. The van der Waals surface area contributed by atoms with E-state index in [1.807, 2.05) is 0 Å². The first kappa shape index (κ1) is 23.8. The van der Waals surface area contributed by atoms with E-state index in [1.54, 1.807) is 0 Å². The minimum atomic E-state index is 0.117. The fourth-order valence-corrected chi connectivity index (χ4v) is 7.17. The molecule has 170 valence electrons. The summed E-state index contributed by atoms with van der Waals surface area (Å²) in [5, 5.41) is 2.69. The molecule has 1 heteroatoms. The van der Waals surface area contributed by atoms with E-state index < -0.39 is 0 Å². The van der Waals surface area contributed by atoms with Crippen LogP contribution in [0.15, 0.2) is 30.3 Å². The van der Waals surface area contributed by atoms with Crippen LogP contribution in [-0.4, -0.2) is 12.6 Å². The van der Waals surface area contributed by atoms with Gasteiger partial charge in [-0.05, 0) is 59.3 Å². The summed E-state index contributed by atoms with van der Waals surface area (Å²) in [5.74, 6) is 1.97. The Morgan fingerprint density at radius 1 is 0.867 bits per heavy atom. The van der Waals surface area contributed by atoms with Crippen molar-refractivity contribution in [3.63, 3.8) is 0 Å². The maximum absolute atomic E-state index is 2.69. The Kier molecular flexibility index (Phi) is 6.84. The molecular weight excluding hydrogens is 362 g/mol. The standard InChI is InChI=1S/C29H49N/c1-26(2,3)29(8,28(6,7)27(4,5)23-16-10-9-11-17-23)20-14-15-22-21-30-25-19-13-12-18-24(22)25/h9-11,16-17,22,24-25,30H,12-15,18-21H2,1-8H3/p+1. The Hall–Kier alpha value is -0.820. The van der Waals surface area contributed by atoms with Crippen LogP contribution in [0.1, 0.15) is 106 Å². The third-order valence-electron chi connectivity index (χ3n) is 10.6. The molecule has 4 unspecified atom stereocenters. The number of hydrogen-bond donors (Lipinski definition) is 1. The van der Waals surface area contributed by atoms with Gasteiger partial charge in [-0.3, -0.25) is 0 Å². The van der Waals surface area contributed by atoms with Crippen molar-refractivity contribution in [1.29, 1.82) is 0 Å². The molecule has 1 nitrogen and oxygen atoms in total. The Bertz CT molecular complexity index is 680. The summed E-state index contributed by atoms with van der Waals surface area (Å²) >= 11 is 0. The number of nitrogens with two attached hydrogens (primary N) is 1. The predicted octanol–water partition coefficient (Wildman–Crippen LogP) is 6.97. The van der Waals surface area contributed by atoms with Crippen LogP contribution in [0.3, 0.4) is 0 Å². The third-order valence-corrected chi connectivity index (χ3v) is 10.6. The molecule has 0 spiro atoms. The van der Waals surface area contributed by atoms with Crippen LogP contribution >= 0.6 is 0 Å². The highest BCUT2D eigenvalue weighted by Crippen LogP contribution is 2.62. The zero-order valence-electron chi connectivity index (χ0n) is 21.4. The lowest BCUT2D eigenvalue weighted by Gasteiger charge is -2.60. The van der Waals surface area contributed by atoms with Crippen LogP contribution in [0, 0.1) is 28.1 Å². The van der Waals surface area contributed by atoms with Crippen molar-refractivity contribution < 1.29 is 5.32 Å². The number of benzene rings is 1. The monoisotopic (exact) mass is 412 g/mol. The van der Waals surface area contributed by atoms with Gasteiger partial charge < -0.3 is 5.32 Å². The summed E-state index contributed by atoms with van der Waals surface area (Å²) in [4.78, 5) is 0. The highest BCUT2D eigenvalue weighted by Gasteiger charge is 2.55. The Morgan fingerprint density at radius 2 is 1.50 bits per heavy atom. The maximum atomic E-state index is 2.69. The largest absolute Gasteiger partial charge is 0.343 e. The zero-order chi connectivity index (χ0) is 22.2. The summed E-state index contributed by atoms with van der Waals surface area (Å²) in [6.45, 7) is 21.5. The minimum absolute atomic E-state index is 0.117. The third kappa shape index (κ3) is 4.13. The lowest BCUT2D eigenvalue weighted by molar-refractivity contribution is -0.676. The van der Waals surface area contributed by atoms with Gasteiger partial charge in [-0.15, -0.1) is 0 Å². The molecule has 0 amide bonds. The van der Waals surface area contributed by atoms with Gasteiger partial charge in [0.2, 0.25) is 0 Å². The molecule has 3 rings (SSSR count). The highest BCUT2D eigenvalue weighted by atomic mass is 15.0. The minimum Gasteiger partial charge on any atom is -0.343 e. The molecule has 1 saturated heterocycles. The van der Waals surface area contributed by atoms with Crippen molar-refractivity contribution in [2.75, 3.05) is 6.54 Å². The molecule has 4 atom stereocenters. The van der Waals surface area contributed by atoms with E-state index in [4.69, 9.17) is 0 Å². The topological polar surface area (TPSA) is 16.6 Å². The molecule has 2 N–H and O–H groups in total. The fourth-order valence-electron chi connectivity index (χ4n) is 7.17. The molecule has 1 heterocycles. The molecule has 2 fully saturated rings. The predicted molar refractivity (Wildman–Crippen MR) is 131 cm³/mol. The summed E-state index contributed by atoms with van der Waals surface area (Å²) in [7, 11) is 0. The van der Waals surface area contributed by atoms with Crippen LogP contribution in [0.4, 0.5) is 0 Å².